The molecular weight excluding hydrogens is 393 g/mol. The van der Waals surface area contributed by atoms with E-state index >= 15 is 0 Å². The number of carbonyl (C=O) groups is 1. The maximum atomic E-state index is 11.3. The number of rotatable bonds is 6. The van der Waals surface area contributed by atoms with Crippen molar-refractivity contribution in [3.63, 3.8) is 0 Å². The van der Waals surface area contributed by atoms with Crippen LogP contribution < -0.4 is 11.1 Å². The number of hydrogen-bond donors (Lipinski definition) is 2. The summed E-state index contributed by atoms with van der Waals surface area (Å²) in [7, 11) is 0. The fourth-order valence-electron chi connectivity index (χ4n) is 1.75. The average molecular weight is 419 g/mol. The highest BCUT2D eigenvalue weighted by molar-refractivity contribution is 14.0. The lowest BCUT2D eigenvalue weighted by atomic mass is 10.1. The van der Waals surface area contributed by atoms with Crippen molar-refractivity contribution >= 4 is 41.6 Å². The Morgan fingerprint density at radius 1 is 1.32 bits per heavy atom. The van der Waals surface area contributed by atoms with Crippen LogP contribution in [0.3, 0.4) is 0 Å². The molecule has 0 spiro atoms. The molecule has 0 radical (unpaired) electrons. The molecule has 22 heavy (non-hydrogen) atoms. The quantitative estimate of drug-likeness (QED) is 0.244. The van der Waals surface area contributed by atoms with Crippen LogP contribution in [-0.4, -0.2) is 24.6 Å². The Balaban J connectivity index is 0.00000441. The van der Waals surface area contributed by atoms with Gasteiger partial charge in [-0.3, -0.25) is 9.79 Å². The molecule has 1 aromatic rings. The molecule has 0 aliphatic heterocycles. The highest BCUT2D eigenvalue weighted by atomic mass is 127. The second-order valence-corrected chi connectivity index (χ2v) is 5.33. The predicted octanol–water partition coefficient (Wildman–Crippen LogP) is 3.38. The second kappa shape index (κ2) is 10.4. The minimum atomic E-state index is -0.194. The smallest absolute Gasteiger partial charge is 0.306 e. The number of anilines is 1. The second-order valence-electron chi connectivity index (χ2n) is 5.33. The normalized spacial score (nSPS) is 11.0. The lowest BCUT2D eigenvalue weighted by Crippen LogP contribution is -2.23. The van der Waals surface area contributed by atoms with E-state index in [0.717, 1.165) is 5.69 Å². The van der Waals surface area contributed by atoms with E-state index < -0.39 is 0 Å². The first kappa shape index (κ1) is 20.7. The molecule has 0 aromatic heterocycles. The third-order valence-corrected chi connectivity index (χ3v) is 2.97. The largest absolute Gasteiger partial charge is 0.463 e. The third kappa shape index (κ3) is 8.21. The van der Waals surface area contributed by atoms with Crippen molar-refractivity contribution in [1.82, 2.24) is 0 Å². The molecule has 0 saturated carbocycles. The van der Waals surface area contributed by atoms with Gasteiger partial charge >= 0.3 is 5.97 Å². The van der Waals surface area contributed by atoms with Gasteiger partial charge in [0.2, 0.25) is 0 Å². The number of benzene rings is 1. The number of nitrogens with zero attached hydrogens (tertiary/aromatic N) is 1. The van der Waals surface area contributed by atoms with Gasteiger partial charge in [0.05, 0.1) is 6.10 Å². The molecule has 0 aliphatic rings. The Labute approximate surface area is 149 Å². The van der Waals surface area contributed by atoms with Crippen molar-refractivity contribution in [2.75, 3.05) is 11.9 Å². The fraction of sp³-hybridized carbons (Fsp3) is 0.500. The minimum absolute atomic E-state index is 0. The minimum Gasteiger partial charge on any atom is -0.463 e. The molecule has 5 nitrogen and oxygen atoms in total. The van der Waals surface area contributed by atoms with E-state index in [1.165, 1.54) is 11.1 Å². The topological polar surface area (TPSA) is 76.7 Å². The van der Waals surface area contributed by atoms with Gasteiger partial charge in [0.25, 0.3) is 0 Å². The maximum absolute atomic E-state index is 11.3. The van der Waals surface area contributed by atoms with Gasteiger partial charge in [0.15, 0.2) is 5.96 Å². The number of nitrogens with two attached hydrogens (primary N) is 1. The van der Waals surface area contributed by atoms with Crippen molar-refractivity contribution in [1.29, 1.82) is 0 Å². The lowest BCUT2D eigenvalue weighted by Gasteiger charge is -2.08. The summed E-state index contributed by atoms with van der Waals surface area (Å²) in [4.78, 5) is 15.5. The van der Waals surface area contributed by atoms with E-state index in [4.69, 9.17) is 10.5 Å². The molecule has 0 heterocycles. The number of guanidine groups is 1. The van der Waals surface area contributed by atoms with Crippen LogP contribution in [0.1, 0.15) is 37.8 Å². The van der Waals surface area contributed by atoms with Crippen LogP contribution in [0, 0.1) is 13.8 Å². The Kier molecular flexibility index (Phi) is 9.80. The number of ether oxygens (including phenoxy) is 1. The fourth-order valence-corrected chi connectivity index (χ4v) is 1.75. The number of nitrogens with one attached hydrogen (secondary N) is 1. The molecule has 124 valence electrons. The van der Waals surface area contributed by atoms with Crippen LogP contribution in [-0.2, 0) is 9.53 Å². The highest BCUT2D eigenvalue weighted by Gasteiger charge is 2.04. The molecule has 0 saturated heterocycles. The van der Waals surface area contributed by atoms with Gasteiger partial charge in [0.1, 0.15) is 0 Å². The first-order valence-electron chi connectivity index (χ1n) is 7.22. The van der Waals surface area contributed by atoms with Crippen molar-refractivity contribution in [3.05, 3.63) is 29.3 Å². The van der Waals surface area contributed by atoms with Crippen LogP contribution in [0.5, 0.6) is 0 Å². The number of esters is 1. The van der Waals surface area contributed by atoms with Crippen LogP contribution in [0.2, 0.25) is 0 Å². The molecule has 0 amide bonds. The molecule has 1 rings (SSSR count). The molecule has 6 heteroatoms. The zero-order valence-electron chi connectivity index (χ0n) is 13.7. The molecule has 0 aliphatic carbocycles. The summed E-state index contributed by atoms with van der Waals surface area (Å²) in [5, 5.41) is 3.04. The van der Waals surface area contributed by atoms with Crippen molar-refractivity contribution < 1.29 is 9.53 Å². The Morgan fingerprint density at radius 2 is 2.00 bits per heavy atom. The van der Waals surface area contributed by atoms with E-state index in [1.807, 2.05) is 39.0 Å². The van der Waals surface area contributed by atoms with Gasteiger partial charge in [-0.1, -0.05) is 6.07 Å². The SMILES string of the molecule is Cc1ccc(NC(N)=NCCCC(=O)OC(C)C)cc1C.I. The predicted molar refractivity (Wildman–Crippen MR) is 102 cm³/mol. The van der Waals surface area contributed by atoms with Crippen LogP contribution in [0.25, 0.3) is 0 Å². The van der Waals surface area contributed by atoms with E-state index in [0.29, 0.717) is 25.3 Å². The van der Waals surface area contributed by atoms with Gasteiger partial charge in [-0.25, -0.2) is 0 Å². The van der Waals surface area contributed by atoms with Crippen molar-refractivity contribution in [3.8, 4) is 0 Å². The van der Waals surface area contributed by atoms with E-state index in [1.54, 1.807) is 0 Å². The zero-order valence-corrected chi connectivity index (χ0v) is 16.0. The number of aliphatic imine (C=N–C) groups is 1. The Bertz CT molecular complexity index is 516. The molecule has 0 fully saturated rings. The third-order valence-electron chi connectivity index (χ3n) is 2.97. The number of aryl methyl sites for hydroxylation is 2. The maximum Gasteiger partial charge on any atom is 0.306 e. The standard InChI is InChI=1S/C16H25N3O2.HI/c1-11(2)21-15(20)6-5-9-18-16(17)19-14-8-7-12(3)13(4)10-14;/h7-8,10-11H,5-6,9H2,1-4H3,(H3,17,18,19);1H. The van der Waals surface area contributed by atoms with Gasteiger partial charge in [-0.15, -0.1) is 24.0 Å². The first-order valence-corrected chi connectivity index (χ1v) is 7.22. The summed E-state index contributed by atoms with van der Waals surface area (Å²) < 4.78 is 5.04. The summed E-state index contributed by atoms with van der Waals surface area (Å²) in [5.74, 6) is 0.163. The molecule has 0 bridgehead atoms. The summed E-state index contributed by atoms with van der Waals surface area (Å²) in [6.45, 7) is 8.28. The highest BCUT2D eigenvalue weighted by Crippen LogP contribution is 2.13. The van der Waals surface area contributed by atoms with Crippen molar-refractivity contribution in [2.24, 2.45) is 10.7 Å². The molecule has 3 N–H and O–H groups in total. The summed E-state index contributed by atoms with van der Waals surface area (Å²) in [6, 6.07) is 6.02. The van der Waals surface area contributed by atoms with Gasteiger partial charge in [-0.2, -0.15) is 0 Å². The Morgan fingerprint density at radius 3 is 2.59 bits per heavy atom. The molecular formula is C16H26IN3O2. The molecule has 1 aromatic carbocycles. The first-order chi connectivity index (χ1) is 9.88. The zero-order chi connectivity index (χ0) is 15.8. The van der Waals surface area contributed by atoms with Gasteiger partial charge in [0, 0.05) is 18.7 Å². The van der Waals surface area contributed by atoms with E-state index in [2.05, 4.69) is 17.2 Å². The van der Waals surface area contributed by atoms with Gasteiger partial charge in [-0.05, 0) is 57.4 Å². The number of hydrogen-bond acceptors (Lipinski definition) is 3. The number of halogens is 1. The Hall–Kier alpha value is -1.31. The summed E-state index contributed by atoms with van der Waals surface area (Å²) in [5.41, 5.74) is 9.16. The van der Waals surface area contributed by atoms with Crippen LogP contribution in [0.4, 0.5) is 5.69 Å². The van der Waals surface area contributed by atoms with Crippen LogP contribution >= 0.6 is 24.0 Å². The monoisotopic (exact) mass is 419 g/mol. The summed E-state index contributed by atoms with van der Waals surface area (Å²) >= 11 is 0. The molecule has 0 unspecified atom stereocenters. The van der Waals surface area contributed by atoms with Crippen LogP contribution in [0.15, 0.2) is 23.2 Å². The summed E-state index contributed by atoms with van der Waals surface area (Å²) in [6.07, 6.45) is 0.914. The number of carbonyl (C=O) groups excluding carboxylic acids is 1. The van der Waals surface area contributed by atoms with Crippen molar-refractivity contribution in [2.45, 2.75) is 46.6 Å². The van der Waals surface area contributed by atoms with E-state index in [9.17, 15) is 4.79 Å². The molecule has 0 atom stereocenters. The van der Waals surface area contributed by atoms with E-state index in [-0.39, 0.29) is 36.0 Å². The van der Waals surface area contributed by atoms with Gasteiger partial charge < -0.3 is 15.8 Å². The lowest BCUT2D eigenvalue weighted by molar-refractivity contribution is -0.147. The average Bonchev–Trinajstić information content (AvgIpc) is 2.38.